The molecule has 0 aromatic carbocycles. The highest BCUT2D eigenvalue weighted by molar-refractivity contribution is 5.96. The highest BCUT2D eigenvalue weighted by Gasteiger charge is 2.42. The second-order valence-corrected chi connectivity index (χ2v) is 7.06. The van der Waals surface area contributed by atoms with Crippen LogP contribution in [-0.2, 0) is 6.42 Å². The lowest BCUT2D eigenvalue weighted by Crippen LogP contribution is -2.50. The van der Waals surface area contributed by atoms with Gasteiger partial charge in [0, 0.05) is 43.5 Å². The number of nitrogens with one attached hydrogen (secondary N) is 2. The fourth-order valence-corrected chi connectivity index (χ4v) is 4.31. The Balaban J connectivity index is 1.60. The summed E-state index contributed by atoms with van der Waals surface area (Å²) >= 11 is 0. The molecule has 2 saturated heterocycles. The minimum atomic E-state index is 0.0466. The van der Waals surface area contributed by atoms with Gasteiger partial charge in [0.1, 0.15) is 11.3 Å². The van der Waals surface area contributed by atoms with Gasteiger partial charge in [-0.1, -0.05) is 12.1 Å². The summed E-state index contributed by atoms with van der Waals surface area (Å²) in [7, 11) is 0. The quantitative estimate of drug-likeness (QED) is 0.870. The predicted octanol–water partition coefficient (Wildman–Crippen LogP) is 1.81. The summed E-state index contributed by atoms with van der Waals surface area (Å²) in [6.07, 6.45) is 6.37. The normalized spacial score (nSPS) is 25.8. The molecule has 7 nitrogen and oxygen atoms in total. The van der Waals surface area contributed by atoms with Crippen LogP contribution in [0.5, 0.6) is 0 Å². The van der Waals surface area contributed by atoms with Gasteiger partial charge >= 0.3 is 0 Å². The van der Waals surface area contributed by atoms with Crippen LogP contribution in [0, 0.1) is 6.92 Å². The van der Waals surface area contributed by atoms with Crippen LogP contribution in [0.1, 0.15) is 53.1 Å². The molecular weight excluding hydrogens is 330 g/mol. The average Bonchev–Trinajstić information content (AvgIpc) is 3.40. The zero-order chi connectivity index (χ0) is 18.1. The fraction of sp³-hybridized carbons (Fsp3) is 0.526. The fourth-order valence-electron chi connectivity index (χ4n) is 4.31. The van der Waals surface area contributed by atoms with E-state index in [0.29, 0.717) is 23.7 Å². The molecule has 0 spiro atoms. The van der Waals surface area contributed by atoms with Crippen LogP contribution >= 0.6 is 0 Å². The minimum absolute atomic E-state index is 0.0466. The van der Waals surface area contributed by atoms with E-state index >= 15 is 0 Å². The van der Waals surface area contributed by atoms with Gasteiger partial charge in [0.25, 0.3) is 5.91 Å². The molecule has 3 atom stereocenters. The van der Waals surface area contributed by atoms with Crippen molar-refractivity contribution in [2.75, 3.05) is 13.1 Å². The molecule has 2 N–H and O–H groups in total. The Morgan fingerprint density at radius 3 is 2.96 bits per heavy atom. The molecule has 0 aliphatic carbocycles. The first-order chi connectivity index (χ1) is 12.7. The summed E-state index contributed by atoms with van der Waals surface area (Å²) in [5.74, 6) is 0.969. The molecule has 0 saturated carbocycles. The van der Waals surface area contributed by atoms with E-state index in [2.05, 4.69) is 33.1 Å². The van der Waals surface area contributed by atoms with Crippen LogP contribution in [0.2, 0.25) is 0 Å². The van der Waals surface area contributed by atoms with Gasteiger partial charge in [0.2, 0.25) is 0 Å². The third-order valence-corrected chi connectivity index (χ3v) is 5.62. The van der Waals surface area contributed by atoms with Crippen molar-refractivity contribution >= 4 is 5.91 Å². The Morgan fingerprint density at radius 1 is 1.38 bits per heavy atom. The highest BCUT2D eigenvalue weighted by atomic mass is 16.5. The minimum Gasteiger partial charge on any atom is -0.361 e. The van der Waals surface area contributed by atoms with Crippen molar-refractivity contribution < 1.29 is 9.32 Å². The van der Waals surface area contributed by atoms with Crippen LogP contribution in [0.25, 0.3) is 0 Å². The Hall–Kier alpha value is -2.25. The van der Waals surface area contributed by atoms with Gasteiger partial charge in [-0.2, -0.15) is 0 Å². The molecule has 7 heteroatoms. The maximum absolute atomic E-state index is 13.3. The van der Waals surface area contributed by atoms with Crippen molar-refractivity contribution in [1.29, 1.82) is 0 Å². The molecule has 1 amide bonds. The van der Waals surface area contributed by atoms with Crippen LogP contribution in [0.4, 0.5) is 0 Å². The summed E-state index contributed by atoms with van der Waals surface area (Å²) in [5, 5.41) is 4.05. The lowest BCUT2D eigenvalue weighted by molar-refractivity contribution is 0.0702. The summed E-state index contributed by atoms with van der Waals surface area (Å²) in [5.41, 5.74) is 9.35. The molecule has 138 valence electrons. The number of rotatable bonds is 4. The number of aromatic nitrogens is 2. The van der Waals surface area contributed by atoms with Crippen molar-refractivity contribution in [3.05, 3.63) is 47.1 Å². The Kier molecular flexibility index (Phi) is 4.74. The molecule has 2 fully saturated rings. The molecule has 2 aliphatic heterocycles. The number of hydrazine groups is 1. The van der Waals surface area contributed by atoms with Crippen LogP contribution in [0.15, 0.2) is 29.0 Å². The number of carbonyl (C=O) groups is 1. The molecule has 2 aromatic heterocycles. The summed E-state index contributed by atoms with van der Waals surface area (Å²) < 4.78 is 5.29. The Labute approximate surface area is 153 Å². The Bertz CT molecular complexity index is 775. The monoisotopic (exact) mass is 355 g/mol. The summed E-state index contributed by atoms with van der Waals surface area (Å²) in [4.78, 5) is 19.4. The average molecular weight is 355 g/mol. The van der Waals surface area contributed by atoms with Gasteiger partial charge in [-0.15, -0.1) is 0 Å². The van der Waals surface area contributed by atoms with E-state index in [9.17, 15) is 4.79 Å². The first-order valence-electron chi connectivity index (χ1n) is 9.35. The second-order valence-electron chi connectivity index (χ2n) is 7.06. The van der Waals surface area contributed by atoms with Crippen molar-refractivity contribution in [3.63, 3.8) is 0 Å². The van der Waals surface area contributed by atoms with Gasteiger partial charge < -0.3 is 9.42 Å². The zero-order valence-corrected chi connectivity index (χ0v) is 15.2. The van der Waals surface area contributed by atoms with E-state index in [1.165, 1.54) is 5.56 Å². The topological polar surface area (TPSA) is 83.3 Å². The molecule has 0 bridgehead atoms. The zero-order valence-electron chi connectivity index (χ0n) is 15.2. The number of hydrogen-bond donors (Lipinski definition) is 2. The van der Waals surface area contributed by atoms with Gasteiger partial charge in [0.05, 0.1) is 5.69 Å². The first kappa shape index (κ1) is 17.2. The Morgan fingerprint density at radius 2 is 2.19 bits per heavy atom. The third-order valence-electron chi connectivity index (χ3n) is 5.62. The predicted molar refractivity (Wildman–Crippen MR) is 96.6 cm³/mol. The highest BCUT2D eigenvalue weighted by Crippen LogP contribution is 2.32. The molecule has 2 aliphatic rings. The van der Waals surface area contributed by atoms with E-state index in [0.717, 1.165) is 31.6 Å². The van der Waals surface area contributed by atoms with Crippen molar-refractivity contribution in [3.8, 4) is 0 Å². The van der Waals surface area contributed by atoms with Gasteiger partial charge in [-0.25, -0.2) is 0 Å². The van der Waals surface area contributed by atoms with E-state index in [4.69, 9.17) is 4.52 Å². The van der Waals surface area contributed by atoms with E-state index in [1.54, 1.807) is 0 Å². The molecule has 2 aromatic rings. The smallest absolute Gasteiger partial charge is 0.259 e. The van der Waals surface area contributed by atoms with Crippen molar-refractivity contribution in [2.45, 2.75) is 51.1 Å². The van der Waals surface area contributed by atoms with E-state index in [-0.39, 0.29) is 18.0 Å². The molecular formula is C19H25N5O2. The van der Waals surface area contributed by atoms with E-state index < -0.39 is 0 Å². The number of aryl methyl sites for hydroxylation is 2. The second kappa shape index (κ2) is 7.17. The summed E-state index contributed by atoms with van der Waals surface area (Å²) in [6.45, 7) is 5.44. The number of likely N-dealkylation sites (tertiary alicyclic amines) is 1. The first-order valence-corrected chi connectivity index (χ1v) is 9.35. The molecule has 0 radical (unpaired) electrons. The van der Waals surface area contributed by atoms with Crippen LogP contribution in [-0.4, -0.2) is 46.1 Å². The number of nitrogens with zero attached hydrogens (tertiary/aromatic N) is 3. The largest absolute Gasteiger partial charge is 0.361 e. The number of carbonyl (C=O) groups excluding carboxylic acids is 1. The van der Waals surface area contributed by atoms with Crippen LogP contribution < -0.4 is 10.9 Å². The van der Waals surface area contributed by atoms with Crippen molar-refractivity contribution in [2.24, 2.45) is 0 Å². The maximum atomic E-state index is 13.3. The third kappa shape index (κ3) is 2.91. The van der Waals surface area contributed by atoms with Crippen molar-refractivity contribution in [1.82, 2.24) is 25.9 Å². The molecule has 26 heavy (non-hydrogen) atoms. The number of hydrogen-bond acceptors (Lipinski definition) is 6. The number of amides is 1. The van der Waals surface area contributed by atoms with Crippen LogP contribution in [0.3, 0.4) is 0 Å². The van der Waals surface area contributed by atoms with E-state index in [1.807, 2.05) is 31.1 Å². The SMILES string of the molecule is CCc1noc(C)c1C(=O)N1CCCC1C1NNCC1c1ccncc1. The molecule has 3 unspecified atom stereocenters. The standard InChI is InChI=1S/C19H25N5O2/c1-3-15-17(12(2)26-23-15)19(25)24-10-4-5-16(24)18-14(11-21-22-18)13-6-8-20-9-7-13/h6-9,14,16,18,21-22H,3-5,10-11H2,1-2H3. The lowest BCUT2D eigenvalue weighted by Gasteiger charge is -2.32. The van der Waals surface area contributed by atoms with Gasteiger partial charge in [0.15, 0.2) is 0 Å². The van der Waals surface area contributed by atoms with Gasteiger partial charge in [-0.3, -0.25) is 20.6 Å². The lowest BCUT2D eigenvalue weighted by atomic mass is 9.88. The summed E-state index contributed by atoms with van der Waals surface area (Å²) in [6, 6.07) is 4.45. The molecule has 4 heterocycles. The maximum Gasteiger partial charge on any atom is 0.259 e. The van der Waals surface area contributed by atoms with Gasteiger partial charge in [-0.05, 0) is 43.9 Å². The number of pyridine rings is 1. The molecule has 4 rings (SSSR count).